The molecule has 2 fully saturated rings. The minimum atomic E-state index is 0.503. The van der Waals surface area contributed by atoms with E-state index in [-0.39, 0.29) is 0 Å². The fraction of sp³-hybridized carbons (Fsp3) is 0.647. The molecule has 1 saturated carbocycles. The van der Waals surface area contributed by atoms with E-state index in [1.165, 1.54) is 42.3 Å². The maximum atomic E-state index is 5.45. The summed E-state index contributed by atoms with van der Waals surface area (Å²) in [4.78, 5) is 2.74. The highest BCUT2D eigenvalue weighted by Gasteiger charge is 2.40. The summed E-state index contributed by atoms with van der Waals surface area (Å²) < 4.78 is 6.66. The van der Waals surface area contributed by atoms with Crippen molar-refractivity contribution >= 4 is 15.9 Å². The van der Waals surface area contributed by atoms with Gasteiger partial charge >= 0.3 is 0 Å². The van der Waals surface area contributed by atoms with Crippen LogP contribution >= 0.6 is 15.9 Å². The van der Waals surface area contributed by atoms with Crippen LogP contribution in [0.5, 0.6) is 5.75 Å². The Bertz CT molecular complexity index is 488. The van der Waals surface area contributed by atoms with E-state index in [0.29, 0.717) is 12.0 Å². The van der Waals surface area contributed by atoms with Gasteiger partial charge in [0, 0.05) is 16.6 Å². The van der Waals surface area contributed by atoms with Crippen LogP contribution in [0, 0.1) is 5.92 Å². The van der Waals surface area contributed by atoms with Gasteiger partial charge in [-0.25, -0.2) is 0 Å². The van der Waals surface area contributed by atoms with Crippen LogP contribution in [0.15, 0.2) is 22.7 Å². The van der Waals surface area contributed by atoms with E-state index in [4.69, 9.17) is 4.74 Å². The number of hydrogen-bond acceptors (Lipinski definition) is 3. The molecule has 0 amide bonds. The summed E-state index contributed by atoms with van der Waals surface area (Å²) in [6.07, 6.45) is 5.36. The molecule has 1 aromatic rings. The van der Waals surface area contributed by atoms with Crippen molar-refractivity contribution in [1.29, 1.82) is 0 Å². The van der Waals surface area contributed by atoms with Gasteiger partial charge in [0.15, 0.2) is 0 Å². The molecule has 3 rings (SSSR count). The third kappa shape index (κ3) is 3.27. The zero-order chi connectivity index (χ0) is 14.8. The van der Waals surface area contributed by atoms with Crippen molar-refractivity contribution in [2.45, 2.75) is 37.8 Å². The predicted octanol–water partition coefficient (Wildman–Crippen LogP) is 3.59. The maximum Gasteiger partial charge on any atom is 0.119 e. The lowest BCUT2D eigenvalue weighted by atomic mass is 9.84. The highest BCUT2D eigenvalue weighted by molar-refractivity contribution is 9.10. The Labute approximate surface area is 136 Å². The number of ether oxygens (including phenoxy) is 1. The van der Waals surface area contributed by atoms with Crippen LogP contribution in [-0.2, 0) is 0 Å². The standard InChI is InChI=1S/C17H25BrN2O/c1-19-11-12-4-3-9-20(13-5-6-13)17(12)15-10-14(21-2)7-8-16(15)18/h7-8,10,12-13,17,19H,3-6,9,11H2,1-2H3. The van der Waals surface area contributed by atoms with Crippen molar-refractivity contribution in [2.24, 2.45) is 5.92 Å². The predicted molar refractivity (Wildman–Crippen MR) is 89.8 cm³/mol. The molecule has 0 spiro atoms. The number of rotatable bonds is 5. The fourth-order valence-corrected chi connectivity index (χ4v) is 4.18. The summed E-state index contributed by atoms with van der Waals surface area (Å²) in [6, 6.07) is 7.68. The fourth-order valence-electron chi connectivity index (χ4n) is 3.70. The minimum absolute atomic E-state index is 0.503. The summed E-state index contributed by atoms with van der Waals surface area (Å²) in [6.45, 7) is 2.32. The van der Waals surface area contributed by atoms with Crippen molar-refractivity contribution in [3.05, 3.63) is 28.2 Å². The Balaban J connectivity index is 1.95. The van der Waals surface area contributed by atoms with Gasteiger partial charge < -0.3 is 10.1 Å². The molecule has 1 saturated heterocycles. The highest BCUT2D eigenvalue weighted by atomic mass is 79.9. The van der Waals surface area contributed by atoms with Crippen LogP contribution in [-0.4, -0.2) is 38.2 Å². The maximum absolute atomic E-state index is 5.45. The number of nitrogens with one attached hydrogen (secondary N) is 1. The van der Waals surface area contributed by atoms with E-state index in [2.05, 4.69) is 45.3 Å². The molecule has 0 bridgehead atoms. The Morgan fingerprint density at radius 1 is 1.33 bits per heavy atom. The Morgan fingerprint density at radius 2 is 2.14 bits per heavy atom. The van der Waals surface area contributed by atoms with E-state index in [1.54, 1.807) is 7.11 Å². The molecule has 2 unspecified atom stereocenters. The first kappa shape index (κ1) is 15.3. The summed E-state index contributed by atoms with van der Waals surface area (Å²) in [5, 5.41) is 3.39. The van der Waals surface area contributed by atoms with Crippen molar-refractivity contribution in [3.63, 3.8) is 0 Å². The van der Waals surface area contributed by atoms with Crippen molar-refractivity contribution in [2.75, 3.05) is 27.2 Å². The lowest BCUT2D eigenvalue weighted by molar-refractivity contribution is 0.0839. The van der Waals surface area contributed by atoms with Gasteiger partial charge in [-0.15, -0.1) is 0 Å². The van der Waals surface area contributed by atoms with E-state index < -0.39 is 0 Å². The van der Waals surface area contributed by atoms with Crippen LogP contribution in [0.3, 0.4) is 0 Å². The summed E-state index contributed by atoms with van der Waals surface area (Å²) in [7, 11) is 3.81. The first-order valence-corrected chi connectivity index (χ1v) is 8.77. The molecule has 1 aliphatic heterocycles. The molecule has 0 aromatic heterocycles. The number of nitrogens with zero attached hydrogens (tertiary/aromatic N) is 1. The van der Waals surface area contributed by atoms with Gasteiger partial charge in [-0.1, -0.05) is 15.9 Å². The molecule has 1 heterocycles. The van der Waals surface area contributed by atoms with Crippen LogP contribution < -0.4 is 10.1 Å². The van der Waals surface area contributed by atoms with E-state index in [1.807, 2.05) is 6.07 Å². The Kier molecular flexibility index (Phi) is 4.87. The van der Waals surface area contributed by atoms with Crippen LogP contribution in [0.2, 0.25) is 0 Å². The van der Waals surface area contributed by atoms with Crippen LogP contribution in [0.25, 0.3) is 0 Å². The molecule has 116 valence electrons. The lowest BCUT2D eigenvalue weighted by Crippen LogP contribution is -2.43. The second-order valence-corrected chi connectivity index (χ2v) is 7.12. The third-order valence-electron chi connectivity index (χ3n) is 4.80. The quantitative estimate of drug-likeness (QED) is 0.876. The Hall–Kier alpha value is -0.580. The first-order chi connectivity index (χ1) is 10.2. The van der Waals surface area contributed by atoms with Gasteiger partial charge in [0.05, 0.1) is 7.11 Å². The van der Waals surface area contributed by atoms with Gasteiger partial charge in [-0.3, -0.25) is 4.90 Å². The molecule has 3 nitrogen and oxygen atoms in total. The highest BCUT2D eigenvalue weighted by Crippen LogP contribution is 2.45. The SMILES string of the molecule is CNCC1CCCN(C2CC2)C1c1cc(OC)ccc1Br. The summed E-state index contributed by atoms with van der Waals surface area (Å²) >= 11 is 3.77. The van der Waals surface area contributed by atoms with Gasteiger partial charge in [0.25, 0.3) is 0 Å². The number of likely N-dealkylation sites (tertiary alicyclic amines) is 1. The van der Waals surface area contributed by atoms with E-state index in [0.717, 1.165) is 18.3 Å². The number of methoxy groups -OCH3 is 1. The zero-order valence-electron chi connectivity index (χ0n) is 12.9. The van der Waals surface area contributed by atoms with Gasteiger partial charge in [-0.2, -0.15) is 0 Å². The second-order valence-electron chi connectivity index (χ2n) is 6.26. The number of benzene rings is 1. The molecule has 2 atom stereocenters. The average Bonchev–Trinajstić information content (AvgIpc) is 3.33. The number of hydrogen-bond donors (Lipinski definition) is 1. The molecule has 1 N–H and O–H groups in total. The molecule has 0 radical (unpaired) electrons. The molecule has 1 aliphatic carbocycles. The molecule has 1 aromatic carbocycles. The number of piperidine rings is 1. The van der Waals surface area contributed by atoms with E-state index in [9.17, 15) is 0 Å². The monoisotopic (exact) mass is 352 g/mol. The van der Waals surface area contributed by atoms with Crippen molar-refractivity contribution < 1.29 is 4.74 Å². The normalized spacial score (nSPS) is 26.8. The first-order valence-electron chi connectivity index (χ1n) is 7.98. The largest absolute Gasteiger partial charge is 0.497 e. The van der Waals surface area contributed by atoms with Gasteiger partial charge in [-0.05, 0) is 75.5 Å². The third-order valence-corrected chi connectivity index (χ3v) is 5.52. The molecular formula is C17H25BrN2O. The molecular weight excluding hydrogens is 328 g/mol. The summed E-state index contributed by atoms with van der Waals surface area (Å²) in [5.41, 5.74) is 1.39. The van der Waals surface area contributed by atoms with Gasteiger partial charge in [0.2, 0.25) is 0 Å². The smallest absolute Gasteiger partial charge is 0.119 e. The minimum Gasteiger partial charge on any atom is -0.497 e. The second kappa shape index (κ2) is 6.67. The van der Waals surface area contributed by atoms with Gasteiger partial charge in [0.1, 0.15) is 5.75 Å². The summed E-state index contributed by atoms with van der Waals surface area (Å²) in [5.74, 6) is 1.63. The lowest BCUT2D eigenvalue weighted by Gasteiger charge is -2.42. The van der Waals surface area contributed by atoms with E-state index >= 15 is 0 Å². The molecule has 4 heteroatoms. The van der Waals surface area contributed by atoms with Crippen molar-refractivity contribution in [1.82, 2.24) is 10.2 Å². The average molecular weight is 353 g/mol. The zero-order valence-corrected chi connectivity index (χ0v) is 14.5. The van der Waals surface area contributed by atoms with Crippen LogP contribution in [0.1, 0.15) is 37.3 Å². The van der Waals surface area contributed by atoms with Crippen molar-refractivity contribution in [3.8, 4) is 5.75 Å². The Morgan fingerprint density at radius 3 is 2.81 bits per heavy atom. The number of halogens is 1. The van der Waals surface area contributed by atoms with Crippen LogP contribution in [0.4, 0.5) is 0 Å². The topological polar surface area (TPSA) is 24.5 Å². The molecule has 21 heavy (non-hydrogen) atoms. The molecule has 2 aliphatic rings.